The highest BCUT2D eigenvalue weighted by Gasteiger charge is 2.17. The van der Waals surface area contributed by atoms with Gasteiger partial charge >= 0.3 is 0 Å². The fourth-order valence-electron chi connectivity index (χ4n) is 1.16. The zero-order valence-corrected chi connectivity index (χ0v) is 9.06. The summed E-state index contributed by atoms with van der Waals surface area (Å²) in [5.74, 6) is -0.450. The highest BCUT2D eigenvalue weighted by atomic mass is 16.6. The minimum Gasteiger partial charge on any atom is -0.320 e. The highest BCUT2D eigenvalue weighted by molar-refractivity contribution is 5.96. The number of amides is 1. The van der Waals surface area contributed by atoms with Crippen LogP contribution in [0.3, 0.4) is 0 Å². The number of hydrogen-bond donors (Lipinski definition) is 2. The molecular formula is C10H13N3O3. The summed E-state index contributed by atoms with van der Waals surface area (Å²) in [5.41, 5.74) is 6.22. The quantitative estimate of drug-likeness (QED) is 0.593. The lowest BCUT2D eigenvalue weighted by Gasteiger charge is -2.08. The van der Waals surface area contributed by atoms with Crippen LogP contribution in [0.15, 0.2) is 18.2 Å². The molecule has 86 valence electrons. The molecule has 0 fully saturated rings. The van der Waals surface area contributed by atoms with Crippen molar-refractivity contribution >= 4 is 17.3 Å². The standard InChI is InChI=1S/C10H13N3O3/c1-6-3-4-9(13(15)16)8(5-6)12-10(14)7(2)11/h3-5,7H,11H2,1-2H3,(H,12,14). The minimum atomic E-state index is -0.708. The van der Waals surface area contributed by atoms with Gasteiger partial charge in [0.05, 0.1) is 11.0 Å². The molecule has 0 aliphatic carbocycles. The summed E-state index contributed by atoms with van der Waals surface area (Å²) in [7, 11) is 0. The number of nitrogens with one attached hydrogen (secondary N) is 1. The fraction of sp³-hybridized carbons (Fsp3) is 0.300. The van der Waals surface area contributed by atoms with E-state index in [0.717, 1.165) is 5.56 Å². The van der Waals surface area contributed by atoms with Gasteiger partial charge in [-0.1, -0.05) is 6.07 Å². The molecule has 1 aromatic carbocycles. The molecule has 1 atom stereocenters. The Morgan fingerprint density at radius 1 is 1.56 bits per heavy atom. The summed E-state index contributed by atoms with van der Waals surface area (Å²) >= 11 is 0. The Hall–Kier alpha value is -1.95. The Morgan fingerprint density at radius 2 is 2.19 bits per heavy atom. The van der Waals surface area contributed by atoms with Crippen molar-refractivity contribution in [2.45, 2.75) is 19.9 Å². The Balaban J connectivity index is 3.06. The van der Waals surface area contributed by atoms with Crippen molar-refractivity contribution in [3.05, 3.63) is 33.9 Å². The molecule has 0 heterocycles. The van der Waals surface area contributed by atoms with Gasteiger partial charge < -0.3 is 11.1 Å². The summed E-state index contributed by atoms with van der Waals surface area (Å²) in [6.45, 7) is 3.29. The van der Waals surface area contributed by atoms with Crippen LogP contribution in [-0.4, -0.2) is 16.9 Å². The number of aryl methyl sites for hydroxylation is 1. The number of nitro groups is 1. The Labute approximate surface area is 92.6 Å². The molecule has 0 aliphatic heterocycles. The Bertz CT molecular complexity index is 429. The van der Waals surface area contributed by atoms with Crippen LogP contribution in [0, 0.1) is 17.0 Å². The van der Waals surface area contributed by atoms with Crippen LogP contribution in [0.25, 0.3) is 0 Å². The van der Waals surface area contributed by atoms with Gasteiger partial charge in [-0.25, -0.2) is 0 Å². The Morgan fingerprint density at radius 3 is 2.69 bits per heavy atom. The summed E-state index contributed by atoms with van der Waals surface area (Å²) in [6.07, 6.45) is 0. The molecule has 6 nitrogen and oxygen atoms in total. The Kier molecular flexibility index (Phi) is 3.57. The first-order valence-electron chi connectivity index (χ1n) is 4.73. The topological polar surface area (TPSA) is 98.3 Å². The van der Waals surface area contributed by atoms with Crippen LogP contribution in [-0.2, 0) is 4.79 Å². The monoisotopic (exact) mass is 223 g/mol. The molecule has 6 heteroatoms. The van der Waals surface area contributed by atoms with E-state index >= 15 is 0 Å². The predicted octanol–water partition coefficient (Wildman–Crippen LogP) is 1.19. The van der Waals surface area contributed by atoms with Crippen molar-refractivity contribution in [3.63, 3.8) is 0 Å². The second-order valence-electron chi connectivity index (χ2n) is 3.56. The molecule has 0 spiro atoms. The zero-order chi connectivity index (χ0) is 12.3. The maximum atomic E-state index is 11.3. The maximum Gasteiger partial charge on any atom is 0.292 e. The summed E-state index contributed by atoms with van der Waals surface area (Å²) in [5, 5.41) is 13.1. The molecular weight excluding hydrogens is 210 g/mol. The van der Waals surface area contributed by atoms with E-state index in [1.807, 2.05) is 0 Å². The number of benzene rings is 1. The molecule has 0 radical (unpaired) electrons. The summed E-state index contributed by atoms with van der Waals surface area (Å²) in [4.78, 5) is 21.5. The fourth-order valence-corrected chi connectivity index (χ4v) is 1.16. The van der Waals surface area contributed by atoms with Crippen LogP contribution in [0.1, 0.15) is 12.5 Å². The highest BCUT2D eigenvalue weighted by Crippen LogP contribution is 2.25. The predicted molar refractivity (Wildman–Crippen MR) is 60.1 cm³/mol. The van der Waals surface area contributed by atoms with Crippen molar-refractivity contribution in [3.8, 4) is 0 Å². The molecule has 0 saturated heterocycles. The number of rotatable bonds is 3. The molecule has 0 bridgehead atoms. The number of anilines is 1. The van der Waals surface area contributed by atoms with Gasteiger partial charge in [-0.3, -0.25) is 14.9 Å². The molecule has 16 heavy (non-hydrogen) atoms. The second-order valence-corrected chi connectivity index (χ2v) is 3.56. The molecule has 1 rings (SSSR count). The number of carbonyl (C=O) groups is 1. The summed E-state index contributed by atoms with van der Waals surface area (Å²) in [6, 6.07) is 3.80. The molecule has 0 aliphatic rings. The van der Waals surface area contributed by atoms with Gasteiger partial charge in [0.15, 0.2) is 0 Å². The van der Waals surface area contributed by atoms with Gasteiger partial charge in [-0.05, 0) is 25.5 Å². The number of carbonyl (C=O) groups excluding carboxylic acids is 1. The van der Waals surface area contributed by atoms with E-state index in [2.05, 4.69) is 5.32 Å². The molecule has 1 aromatic rings. The number of hydrogen-bond acceptors (Lipinski definition) is 4. The molecule has 0 aromatic heterocycles. The maximum absolute atomic E-state index is 11.3. The molecule has 1 amide bonds. The number of nitrogens with zero attached hydrogens (tertiary/aromatic N) is 1. The van der Waals surface area contributed by atoms with E-state index in [-0.39, 0.29) is 11.4 Å². The van der Waals surface area contributed by atoms with E-state index in [1.54, 1.807) is 19.1 Å². The van der Waals surface area contributed by atoms with Crippen molar-refractivity contribution < 1.29 is 9.72 Å². The van der Waals surface area contributed by atoms with Crippen molar-refractivity contribution in [2.75, 3.05) is 5.32 Å². The van der Waals surface area contributed by atoms with Gasteiger partial charge in [0.25, 0.3) is 5.69 Å². The van der Waals surface area contributed by atoms with Gasteiger partial charge in [0.2, 0.25) is 5.91 Å². The lowest BCUT2D eigenvalue weighted by atomic mass is 10.2. The first kappa shape index (κ1) is 12.1. The lowest BCUT2D eigenvalue weighted by molar-refractivity contribution is -0.383. The van der Waals surface area contributed by atoms with Crippen molar-refractivity contribution in [1.29, 1.82) is 0 Å². The first-order valence-corrected chi connectivity index (χ1v) is 4.73. The van der Waals surface area contributed by atoms with Gasteiger partial charge in [0.1, 0.15) is 5.69 Å². The van der Waals surface area contributed by atoms with Crippen LogP contribution < -0.4 is 11.1 Å². The number of nitrogens with two attached hydrogens (primary N) is 1. The average molecular weight is 223 g/mol. The third-order valence-corrected chi connectivity index (χ3v) is 2.02. The van der Waals surface area contributed by atoms with E-state index < -0.39 is 16.9 Å². The number of nitro benzene ring substituents is 1. The lowest BCUT2D eigenvalue weighted by Crippen LogP contribution is -2.32. The van der Waals surface area contributed by atoms with Crippen LogP contribution in [0.4, 0.5) is 11.4 Å². The van der Waals surface area contributed by atoms with Crippen LogP contribution >= 0.6 is 0 Å². The molecule has 0 saturated carbocycles. The van der Waals surface area contributed by atoms with Crippen molar-refractivity contribution in [2.24, 2.45) is 5.73 Å². The smallest absolute Gasteiger partial charge is 0.292 e. The zero-order valence-electron chi connectivity index (χ0n) is 9.06. The largest absolute Gasteiger partial charge is 0.320 e. The SMILES string of the molecule is Cc1ccc([N+](=O)[O-])c(NC(=O)C(C)N)c1. The van der Waals surface area contributed by atoms with E-state index in [1.165, 1.54) is 13.0 Å². The van der Waals surface area contributed by atoms with Crippen molar-refractivity contribution in [1.82, 2.24) is 0 Å². The second kappa shape index (κ2) is 4.71. The van der Waals surface area contributed by atoms with Gasteiger partial charge in [0, 0.05) is 6.07 Å². The van der Waals surface area contributed by atoms with Gasteiger partial charge in [-0.15, -0.1) is 0 Å². The minimum absolute atomic E-state index is 0.139. The van der Waals surface area contributed by atoms with Gasteiger partial charge in [-0.2, -0.15) is 0 Å². The third-order valence-electron chi connectivity index (χ3n) is 2.02. The first-order chi connectivity index (χ1) is 7.41. The third kappa shape index (κ3) is 2.77. The van der Waals surface area contributed by atoms with E-state index in [0.29, 0.717) is 0 Å². The molecule has 1 unspecified atom stereocenters. The van der Waals surface area contributed by atoms with E-state index in [4.69, 9.17) is 5.73 Å². The molecule has 3 N–H and O–H groups in total. The summed E-state index contributed by atoms with van der Waals surface area (Å²) < 4.78 is 0. The van der Waals surface area contributed by atoms with Crippen LogP contribution in [0.5, 0.6) is 0 Å². The van der Waals surface area contributed by atoms with Crippen LogP contribution in [0.2, 0.25) is 0 Å². The average Bonchev–Trinajstić information content (AvgIpc) is 2.16. The normalized spacial score (nSPS) is 11.9. The van der Waals surface area contributed by atoms with E-state index in [9.17, 15) is 14.9 Å².